The van der Waals surface area contributed by atoms with Gasteiger partial charge in [-0.1, -0.05) is 65.7 Å². The number of hydrogen-bond acceptors (Lipinski definition) is 3. The van der Waals surface area contributed by atoms with Crippen molar-refractivity contribution < 1.29 is 22.9 Å². The quantitative estimate of drug-likeness (QED) is 0.340. The summed E-state index contributed by atoms with van der Waals surface area (Å²) in [5, 5.41) is 7.00. The topological polar surface area (TPSA) is 91.7 Å². The monoisotopic (exact) mass is 343 g/mol. The molecule has 0 fully saturated rings. The molecule has 0 aromatic carbocycles. The van der Waals surface area contributed by atoms with Crippen molar-refractivity contribution in [3.05, 3.63) is 7.43 Å². The number of carbonyl (C=O) groups is 1. The summed E-state index contributed by atoms with van der Waals surface area (Å²) in [6.07, 6.45) is 8.25. The molecule has 1 atom stereocenters. The summed E-state index contributed by atoms with van der Waals surface area (Å²) in [6.45, 7) is 2.15. The van der Waals surface area contributed by atoms with E-state index in [1.165, 1.54) is 25.7 Å². The summed E-state index contributed by atoms with van der Waals surface area (Å²) in [5.74, 6) is -1.47. The van der Waals surface area contributed by atoms with Gasteiger partial charge in [0, 0.05) is 0 Å². The van der Waals surface area contributed by atoms with E-state index in [9.17, 15) is 13.2 Å². The first-order valence-electron chi connectivity index (χ1n) is 6.58. The maximum atomic E-state index is 10.8. The van der Waals surface area contributed by atoms with Crippen LogP contribution >= 0.6 is 0 Å². The van der Waals surface area contributed by atoms with Gasteiger partial charge in [0.25, 0.3) is 10.1 Å². The molecule has 0 aliphatic heterocycles. The Kier molecular flexibility index (Phi) is 25.6. The van der Waals surface area contributed by atoms with Crippen LogP contribution in [0, 0.1) is 7.43 Å². The summed E-state index contributed by atoms with van der Waals surface area (Å²) in [6, 6.07) is 0. The van der Waals surface area contributed by atoms with Crippen LogP contribution in [0.3, 0.4) is 0 Å². The average Bonchev–Trinajstić information content (AvgIpc) is 2.24. The third-order valence-corrected chi connectivity index (χ3v) is 4.11. The normalized spacial score (nSPS) is 11.5. The van der Waals surface area contributed by atoms with Crippen LogP contribution in [0.4, 0.5) is 0 Å². The molecule has 0 saturated carbocycles. The van der Waals surface area contributed by atoms with Gasteiger partial charge in [-0.2, -0.15) is 8.42 Å². The molecule has 0 spiro atoms. The zero-order chi connectivity index (χ0) is 14.0. The van der Waals surface area contributed by atoms with Crippen LogP contribution in [0.25, 0.3) is 0 Å². The van der Waals surface area contributed by atoms with Crippen molar-refractivity contribution in [3.8, 4) is 0 Å². The van der Waals surface area contributed by atoms with Gasteiger partial charge >= 0.3 is 65.1 Å². The molecule has 119 valence electrons. The minimum absolute atomic E-state index is 0. The Morgan fingerprint density at radius 2 is 1.33 bits per heavy atom. The fourth-order valence-corrected chi connectivity index (χ4v) is 2.58. The number of rotatable bonds is 11. The standard InChI is InChI=1S/C12H24O5S.CH3.2Na.2H/c1-2-3-4-5-6-7-8-9-10-11(12(13)14)18(15,16)17;;;;;/h11H,2-10H2,1H3,(H,13,14)(H,15,16,17);1H3;;;;. The number of aliphatic carboxylic acids is 1. The predicted molar refractivity (Wildman–Crippen MR) is 90.9 cm³/mol. The first-order valence-corrected chi connectivity index (χ1v) is 8.09. The first kappa shape index (κ1) is 30.3. The summed E-state index contributed by atoms with van der Waals surface area (Å²) in [4.78, 5) is 10.6. The summed E-state index contributed by atoms with van der Waals surface area (Å²) < 4.78 is 30.3. The molecular formula is C13H29Na2O5S. The molecule has 1 unspecified atom stereocenters. The summed E-state index contributed by atoms with van der Waals surface area (Å²) in [5.41, 5.74) is 0. The fourth-order valence-electron chi connectivity index (χ4n) is 1.86. The van der Waals surface area contributed by atoms with E-state index in [1.807, 2.05) is 0 Å². The van der Waals surface area contributed by atoms with E-state index in [-0.39, 0.29) is 73.0 Å². The predicted octanol–water partition coefficient (Wildman–Crippen LogP) is 2.01. The second-order valence-corrected chi connectivity index (χ2v) is 6.20. The summed E-state index contributed by atoms with van der Waals surface area (Å²) in [7, 11) is -4.47. The van der Waals surface area contributed by atoms with Gasteiger partial charge in [0.05, 0.1) is 0 Å². The van der Waals surface area contributed by atoms with Crippen LogP contribution in [0.2, 0.25) is 0 Å². The van der Waals surface area contributed by atoms with Crippen LogP contribution < -0.4 is 0 Å². The Morgan fingerprint density at radius 1 is 0.952 bits per heavy atom. The van der Waals surface area contributed by atoms with Crippen molar-refractivity contribution in [1.29, 1.82) is 0 Å². The zero-order valence-electron chi connectivity index (χ0n) is 12.0. The van der Waals surface area contributed by atoms with E-state index in [1.54, 1.807) is 0 Å². The van der Waals surface area contributed by atoms with Crippen LogP contribution in [-0.2, 0) is 14.9 Å². The van der Waals surface area contributed by atoms with Crippen LogP contribution in [0.1, 0.15) is 64.7 Å². The number of carboxylic acids is 1. The maximum absolute atomic E-state index is 10.8. The number of hydrogen-bond donors (Lipinski definition) is 2. The second-order valence-electron chi connectivity index (χ2n) is 4.61. The molecule has 1 radical (unpaired) electrons. The molecule has 0 aromatic rings. The average molecular weight is 343 g/mol. The van der Waals surface area contributed by atoms with Gasteiger partial charge in [-0.15, -0.1) is 0 Å². The molecule has 0 aliphatic rings. The summed E-state index contributed by atoms with van der Waals surface area (Å²) >= 11 is 0. The van der Waals surface area contributed by atoms with Crippen molar-refractivity contribution in [3.63, 3.8) is 0 Å². The van der Waals surface area contributed by atoms with Gasteiger partial charge in [0.15, 0.2) is 5.25 Å². The van der Waals surface area contributed by atoms with E-state index in [0.29, 0.717) is 6.42 Å². The number of unbranched alkanes of at least 4 members (excludes halogenated alkanes) is 7. The Balaban J connectivity index is -0.000000482. The molecule has 0 heterocycles. The molecule has 0 bridgehead atoms. The fraction of sp³-hybridized carbons (Fsp3) is 0.846. The van der Waals surface area contributed by atoms with E-state index < -0.39 is 21.3 Å². The Bertz CT molecular complexity index is 333. The van der Waals surface area contributed by atoms with E-state index >= 15 is 0 Å². The van der Waals surface area contributed by atoms with Gasteiger partial charge in [0.1, 0.15) is 0 Å². The molecule has 0 aromatic heterocycles. The molecule has 21 heavy (non-hydrogen) atoms. The van der Waals surface area contributed by atoms with Crippen molar-refractivity contribution in [2.75, 3.05) is 0 Å². The minimum atomic E-state index is -4.47. The van der Waals surface area contributed by atoms with E-state index in [0.717, 1.165) is 19.3 Å². The molecule has 0 amide bonds. The Morgan fingerprint density at radius 3 is 1.67 bits per heavy atom. The molecule has 0 rings (SSSR count). The van der Waals surface area contributed by atoms with Gasteiger partial charge in [-0.25, -0.2) is 0 Å². The molecule has 0 aliphatic carbocycles. The van der Waals surface area contributed by atoms with E-state index in [4.69, 9.17) is 9.66 Å². The van der Waals surface area contributed by atoms with Crippen molar-refractivity contribution >= 4 is 75.2 Å². The Labute approximate surface area is 174 Å². The second kappa shape index (κ2) is 17.7. The zero-order valence-corrected chi connectivity index (χ0v) is 12.8. The van der Waals surface area contributed by atoms with Crippen molar-refractivity contribution in [2.24, 2.45) is 0 Å². The van der Waals surface area contributed by atoms with Crippen LogP contribution in [-0.4, -0.2) is 88.4 Å². The molecule has 2 N–H and O–H groups in total. The van der Waals surface area contributed by atoms with Crippen LogP contribution in [0.5, 0.6) is 0 Å². The third kappa shape index (κ3) is 17.6. The molecule has 0 saturated heterocycles. The van der Waals surface area contributed by atoms with Gasteiger partial charge < -0.3 is 5.11 Å². The van der Waals surface area contributed by atoms with Crippen LogP contribution in [0.15, 0.2) is 0 Å². The van der Waals surface area contributed by atoms with Gasteiger partial charge in [-0.05, 0) is 6.42 Å². The van der Waals surface area contributed by atoms with Gasteiger partial charge in [-0.3, -0.25) is 9.35 Å². The Hall–Kier alpha value is 1.38. The van der Waals surface area contributed by atoms with Crippen molar-refractivity contribution in [1.82, 2.24) is 0 Å². The SMILES string of the molecule is CCCCCCCCCCC(C(=O)O)S(=O)(=O)O.[CH3].[NaH].[NaH]. The van der Waals surface area contributed by atoms with Crippen molar-refractivity contribution in [2.45, 2.75) is 70.0 Å². The number of carboxylic acid groups (broad SMARTS) is 1. The molecule has 8 heteroatoms. The third-order valence-electron chi connectivity index (χ3n) is 2.95. The molecular weight excluding hydrogens is 314 g/mol. The first-order chi connectivity index (χ1) is 8.39. The van der Waals surface area contributed by atoms with E-state index in [2.05, 4.69) is 6.92 Å². The van der Waals surface area contributed by atoms with Gasteiger partial charge in [0.2, 0.25) is 0 Å². The molecule has 5 nitrogen and oxygen atoms in total.